The van der Waals surface area contributed by atoms with Crippen LogP contribution in [-0.4, -0.2) is 4.98 Å². The summed E-state index contributed by atoms with van der Waals surface area (Å²) in [6.07, 6.45) is 0. The molecule has 44 heavy (non-hydrogen) atoms. The number of nitrogens with zero attached hydrogens (tertiary/aromatic N) is 1. The highest BCUT2D eigenvalue weighted by Gasteiger charge is 2.23. The van der Waals surface area contributed by atoms with Gasteiger partial charge in [0.1, 0.15) is 16.7 Å². The van der Waals surface area contributed by atoms with Gasteiger partial charge in [-0.05, 0) is 63.2 Å². The molecule has 3 heteroatoms. The summed E-state index contributed by atoms with van der Waals surface area (Å²) in [5.74, 6) is 1.21. The van der Waals surface area contributed by atoms with E-state index in [1.165, 1.54) is 27.8 Å². The fourth-order valence-corrected chi connectivity index (χ4v) is 6.66. The number of fused-ring (bicyclic) bond motifs is 6. The number of rotatable bonds is 5. The number of para-hydroxylation sites is 2. The molecule has 0 saturated carbocycles. The molecule has 0 bridgehead atoms. The van der Waals surface area contributed by atoms with E-state index < -0.39 is 0 Å². The van der Waals surface area contributed by atoms with E-state index in [0.29, 0.717) is 17.7 Å². The molecule has 0 radical (unpaired) electrons. The maximum atomic E-state index is 6.74. The predicted molar refractivity (Wildman–Crippen MR) is 183 cm³/mol. The lowest BCUT2D eigenvalue weighted by atomic mass is 9.82. The van der Waals surface area contributed by atoms with Crippen LogP contribution >= 0.6 is 0 Å². The van der Waals surface area contributed by atoms with E-state index in [1.807, 2.05) is 12.1 Å². The Balaban J connectivity index is 1.35. The second kappa shape index (κ2) is 10.2. The van der Waals surface area contributed by atoms with Crippen molar-refractivity contribution in [1.29, 1.82) is 0 Å². The Labute approximate surface area is 256 Å². The first-order valence-corrected chi connectivity index (χ1v) is 15.4. The highest BCUT2D eigenvalue weighted by Crippen LogP contribution is 2.44. The summed E-state index contributed by atoms with van der Waals surface area (Å²) in [6, 6.07) is 40.6. The smallest absolute Gasteiger partial charge is 0.231 e. The fourth-order valence-electron chi connectivity index (χ4n) is 6.66. The Morgan fingerprint density at radius 1 is 0.500 bits per heavy atom. The van der Waals surface area contributed by atoms with Crippen molar-refractivity contribution in [2.45, 2.75) is 39.5 Å². The van der Waals surface area contributed by atoms with E-state index in [9.17, 15) is 0 Å². The van der Waals surface area contributed by atoms with Crippen LogP contribution in [0.3, 0.4) is 0 Å². The van der Waals surface area contributed by atoms with Gasteiger partial charge >= 0.3 is 0 Å². The number of oxazole rings is 1. The minimum absolute atomic E-state index is 0.322. The van der Waals surface area contributed by atoms with Gasteiger partial charge in [0.05, 0.1) is 5.56 Å². The zero-order valence-electron chi connectivity index (χ0n) is 25.4. The van der Waals surface area contributed by atoms with Crippen LogP contribution in [0.15, 0.2) is 124 Å². The molecule has 0 amide bonds. The molecule has 3 nitrogen and oxygen atoms in total. The van der Waals surface area contributed by atoms with Crippen LogP contribution in [0.2, 0.25) is 0 Å². The van der Waals surface area contributed by atoms with Crippen molar-refractivity contribution < 1.29 is 8.83 Å². The molecule has 0 saturated heterocycles. The van der Waals surface area contributed by atoms with E-state index >= 15 is 0 Å². The minimum Gasteiger partial charge on any atom is -0.455 e. The second-order valence-corrected chi connectivity index (χ2v) is 12.3. The third-order valence-electron chi connectivity index (χ3n) is 8.85. The molecule has 0 aliphatic carbocycles. The summed E-state index contributed by atoms with van der Waals surface area (Å²) < 4.78 is 13.4. The largest absolute Gasteiger partial charge is 0.455 e. The molecule has 8 aromatic rings. The van der Waals surface area contributed by atoms with Crippen LogP contribution in [-0.2, 0) is 0 Å². The number of benzene rings is 6. The third-order valence-corrected chi connectivity index (χ3v) is 8.85. The van der Waals surface area contributed by atoms with Gasteiger partial charge < -0.3 is 8.83 Å². The molecule has 214 valence electrons. The van der Waals surface area contributed by atoms with Gasteiger partial charge in [-0.2, -0.15) is 0 Å². The summed E-state index contributed by atoms with van der Waals surface area (Å²) in [5.41, 5.74) is 11.6. The summed E-state index contributed by atoms with van der Waals surface area (Å²) in [5, 5.41) is 4.42. The van der Waals surface area contributed by atoms with Gasteiger partial charge in [-0.1, -0.05) is 125 Å². The van der Waals surface area contributed by atoms with Gasteiger partial charge in [0.25, 0.3) is 0 Å². The SMILES string of the molecule is CC(C)c1cc(-c2ccccc2)cc(C(C)C)c1-c1cccc2nc(-c3cccc4c3oc3c5ccccc5ccc43)oc12. The summed E-state index contributed by atoms with van der Waals surface area (Å²) in [6.45, 7) is 9.09. The first-order valence-electron chi connectivity index (χ1n) is 15.4. The lowest BCUT2D eigenvalue weighted by Crippen LogP contribution is -2.01. The molecule has 0 aliphatic rings. The maximum Gasteiger partial charge on any atom is 0.231 e. The first-order chi connectivity index (χ1) is 21.5. The van der Waals surface area contributed by atoms with Gasteiger partial charge in [0, 0.05) is 21.7 Å². The normalized spacial score (nSPS) is 12.0. The second-order valence-electron chi connectivity index (χ2n) is 12.3. The van der Waals surface area contributed by atoms with Gasteiger partial charge in [-0.3, -0.25) is 0 Å². The fraction of sp³-hybridized carbons (Fsp3) is 0.146. The molecular formula is C41H33NO2. The molecule has 0 atom stereocenters. The zero-order chi connectivity index (χ0) is 29.9. The summed E-state index contributed by atoms with van der Waals surface area (Å²) in [7, 11) is 0. The van der Waals surface area contributed by atoms with Crippen molar-refractivity contribution in [3.63, 3.8) is 0 Å². The Bertz CT molecular complexity index is 2310. The molecule has 0 aliphatic heterocycles. The molecule has 0 fully saturated rings. The molecule has 2 heterocycles. The lowest BCUT2D eigenvalue weighted by molar-refractivity contribution is 0.616. The Morgan fingerprint density at radius 2 is 1.16 bits per heavy atom. The standard InChI is InChI=1S/C41H33NO2/c1-24(2)34-22-28(26-12-6-5-7-13-26)23-35(25(3)4)37(34)32-17-11-19-36-40(32)44-41(42-36)33-18-10-16-30-31-21-20-27-14-8-9-15-29(27)38(31)43-39(30)33/h5-25H,1-4H3. The van der Waals surface area contributed by atoms with Gasteiger partial charge in [-0.15, -0.1) is 0 Å². The molecule has 0 N–H and O–H groups in total. The number of hydrogen-bond donors (Lipinski definition) is 0. The van der Waals surface area contributed by atoms with E-state index in [4.69, 9.17) is 13.8 Å². The Hall–Kier alpha value is -5.15. The van der Waals surface area contributed by atoms with E-state index in [1.54, 1.807) is 0 Å². The molecule has 0 spiro atoms. The lowest BCUT2D eigenvalue weighted by Gasteiger charge is -2.22. The average molecular weight is 572 g/mol. The average Bonchev–Trinajstić information content (AvgIpc) is 3.66. The first kappa shape index (κ1) is 26.5. The van der Waals surface area contributed by atoms with Crippen LogP contribution in [0.25, 0.3) is 77.5 Å². The Kier molecular flexibility index (Phi) is 6.16. The van der Waals surface area contributed by atoms with Crippen molar-refractivity contribution in [2.24, 2.45) is 0 Å². The number of furan rings is 1. The highest BCUT2D eigenvalue weighted by molar-refractivity contribution is 6.17. The van der Waals surface area contributed by atoms with E-state index in [2.05, 4.69) is 131 Å². The van der Waals surface area contributed by atoms with Gasteiger partial charge in [0.2, 0.25) is 5.89 Å². The third kappa shape index (κ3) is 4.15. The van der Waals surface area contributed by atoms with E-state index in [-0.39, 0.29) is 0 Å². The van der Waals surface area contributed by atoms with E-state index in [0.717, 1.165) is 54.9 Å². The maximum absolute atomic E-state index is 6.74. The summed E-state index contributed by atoms with van der Waals surface area (Å²) in [4.78, 5) is 5.04. The van der Waals surface area contributed by atoms with Crippen molar-refractivity contribution in [2.75, 3.05) is 0 Å². The van der Waals surface area contributed by atoms with Crippen molar-refractivity contribution >= 4 is 43.8 Å². The quantitative estimate of drug-likeness (QED) is 0.206. The van der Waals surface area contributed by atoms with Crippen LogP contribution in [0.5, 0.6) is 0 Å². The van der Waals surface area contributed by atoms with Crippen LogP contribution in [0, 0.1) is 0 Å². The molecular weight excluding hydrogens is 538 g/mol. The van der Waals surface area contributed by atoms with Crippen LogP contribution in [0.4, 0.5) is 0 Å². The van der Waals surface area contributed by atoms with Gasteiger partial charge in [0.15, 0.2) is 5.58 Å². The molecule has 8 rings (SSSR count). The number of hydrogen-bond acceptors (Lipinski definition) is 3. The minimum atomic E-state index is 0.322. The van der Waals surface area contributed by atoms with Crippen molar-refractivity contribution in [3.05, 3.63) is 126 Å². The summed E-state index contributed by atoms with van der Waals surface area (Å²) >= 11 is 0. The molecule has 2 aromatic heterocycles. The van der Waals surface area contributed by atoms with Crippen LogP contribution < -0.4 is 0 Å². The predicted octanol–water partition coefficient (Wildman–Crippen LogP) is 12.1. The molecule has 0 unspecified atom stereocenters. The van der Waals surface area contributed by atoms with Crippen molar-refractivity contribution in [1.82, 2.24) is 4.98 Å². The Morgan fingerprint density at radius 3 is 1.93 bits per heavy atom. The van der Waals surface area contributed by atoms with Crippen LogP contribution in [0.1, 0.15) is 50.7 Å². The zero-order valence-corrected chi connectivity index (χ0v) is 25.4. The highest BCUT2D eigenvalue weighted by atomic mass is 16.4. The monoisotopic (exact) mass is 571 g/mol. The topological polar surface area (TPSA) is 39.2 Å². The number of aromatic nitrogens is 1. The molecule has 6 aromatic carbocycles. The van der Waals surface area contributed by atoms with Crippen molar-refractivity contribution in [3.8, 4) is 33.7 Å². The van der Waals surface area contributed by atoms with Gasteiger partial charge in [-0.25, -0.2) is 4.98 Å².